The van der Waals surface area contributed by atoms with Crippen LogP contribution in [0.3, 0.4) is 0 Å². The lowest BCUT2D eigenvalue weighted by Crippen LogP contribution is -2.35. The molecule has 0 N–H and O–H groups in total. The summed E-state index contributed by atoms with van der Waals surface area (Å²) in [6.07, 6.45) is 6.42. The first-order valence-electron chi connectivity index (χ1n) is 9.56. The van der Waals surface area contributed by atoms with Gasteiger partial charge >= 0.3 is 0 Å². The number of imide groups is 1. The number of carbonyl (C=O) groups is 2. The zero-order valence-corrected chi connectivity index (χ0v) is 15.4. The summed E-state index contributed by atoms with van der Waals surface area (Å²) in [5.74, 6) is -0.216. The summed E-state index contributed by atoms with van der Waals surface area (Å²) in [4.78, 5) is 29.7. The molecule has 0 aliphatic carbocycles. The highest BCUT2D eigenvalue weighted by atomic mass is 16.2. The Balaban J connectivity index is 1.89. The van der Waals surface area contributed by atoms with Gasteiger partial charge in [0.2, 0.25) is 0 Å². The number of benzene rings is 1. The van der Waals surface area contributed by atoms with Gasteiger partial charge in [-0.2, -0.15) is 0 Å². The number of aryl methyl sites for hydroxylation is 1. The van der Waals surface area contributed by atoms with Crippen LogP contribution < -0.4 is 0 Å². The van der Waals surface area contributed by atoms with Crippen molar-refractivity contribution in [3.05, 3.63) is 41.1 Å². The van der Waals surface area contributed by atoms with Crippen molar-refractivity contribution in [2.24, 2.45) is 0 Å². The summed E-state index contributed by atoms with van der Waals surface area (Å²) >= 11 is 0. The van der Waals surface area contributed by atoms with Gasteiger partial charge < -0.3 is 4.90 Å². The fourth-order valence-electron chi connectivity index (χ4n) is 3.68. The van der Waals surface area contributed by atoms with Crippen molar-refractivity contribution in [1.29, 1.82) is 0 Å². The van der Waals surface area contributed by atoms with Crippen LogP contribution in [0.2, 0.25) is 0 Å². The number of nitrogens with zero attached hydrogens (tertiary/aromatic N) is 2. The van der Waals surface area contributed by atoms with Crippen LogP contribution in [0.1, 0.15) is 56.6 Å². The molecule has 0 bridgehead atoms. The molecule has 0 unspecified atom stereocenters. The number of hydrogen-bond donors (Lipinski definition) is 0. The Kier molecular flexibility index (Phi) is 5.57. The summed E-state index contributed by atoms with van der Waals surface area (Å²) < 4.78 is 0. The minimum absolute atomic E-state index is 0.0982. The van der Waals surface area contributed by atoms with Crippen molar-refractivity contribution >= 4 is 17.4 Å². The number of rotatable bonds is 7. The number of hydrogen-bond acceptors (Lipinski definition) is 3. The first-order valence-corrected chi connectivity index (χ1v) is 9.56. The molecule has 1 saturated heterocycles. The zero-order chi connectivity index (χ0) is 17.8. The maximum Gasteiger partial charge on any atom is 0.277 e. The minimum Gasteiger partial charge on any atom is -0.366 e. The van der Waals surface area contributed by atoms with Crippen molar-refractivity contribution in [1.82, 2.24) is 9.80 Å². The molecular weight excluding hydrogens is 312 g/mol. The quantitative estimate of drug-likeness (QED) is 0.561. The second-order valence-corrected chi connectivity index (χ2v) is 7.11. The van der Waals surface area contributed by atoms with Gasteiger partial charge in [-0.1, -0.05) is 56.0 Å². The van der Waals surface area contributed by atoms with Crippen LogP contribution >= 0.6 is 0 Å². The van der Waals surface area contributed by atoms with E-state index in [0.717, 1.165) is 62.7 Å². The molecule has 2 aliphatic heterocycles. The second kappa shape index (κ2) is 7.85. The van der Waals surface area contributed by atoms with Crippen LogP contribution in [0.4, 0.5) is 0 Å². The Morgan fingerprint density at radius 1 is 0.920 bits per heavy atom. The van der Waals surface area contributed by atoms with E-state index in [1.54, 1.807) is 0 Å². The average Bonchev–Trinajstić information content (AvgIpc) is 3.21. The van der Waals surface area contributed by atoms with E-state index < -0.39 is 0 Å². The molecule has 1 fully saturated rings. The van der Waals surface area contributed by atoms with Gasteiger partial charge in [-0.05, 0) is 31.7 Å². The van der Waals surface area contributed by atoms with Crippen LogP contribution in [0, 0.1) is 6.92 Å². The number of unbranched alkanes of at least 4 members (excludes halogenated alkanes) is 3. The second-order valence-electron chi connectivity index (χ2n) is 7.11. The molecule has 25 heavy (non-hydrogen) atoms. The molecule has 3 rings (SSSR count). The first kappa shape index (κ1) is 17.7. The molecule has 1 aromatic carbocycles. The SMILES string of the molecule is CCCCCCN1C(=O)C(c2ccc(C)cc2)=C(N2CCCC2)C1=O. The fraction of sp³-hybridized carbons (Fsp3) is 0.524. The van der Waals surface area contributed by atoms with Gasteiger partial charge in [0.05, 0.1) is 5.57 Å². The van der Waals surface area contributed by atoms with E-state index >= 15 is 0 Å². The fourth-order valence-corrected chi connectivity index (χ4v) is 3.68. The summed E-state index contributed by atoms with van der Waals surface area (Å²) in [6, 6.07) is 7.94. The normalized spacial score (nSPS) is 18.0. The molecule has 0 aromatic heterocycles. The first-order chi connectivity index (χ1) is 12.1. The van der Waals surface area contributed by atoms with E-state index in [2.05, 4.69) is 11.8 Å². The summed E-state index contributed by atoms with van der Waals surface area (Å²) in [6.45, 7) is 6.46. The smallest absolute Gasteiger partial charge is 0.277 e. The lowest BCUT2D eigenvalue weighted by atomic mass is 10.0. The standard InChI is InChI=1S/C21H28N2O2/c1-3-4-5-6-15-23-20(24)18(17-11-9-16(2)10-12-17)19(21(23)25)22-13-7-8-14-22/h9-12H,3-8,13-15H2,1-2H3. The summed E-state index contributed by atoms with van der Waals surface area (Å²) in [5.41, 5.74) is 3.24. The van der Waals surface area contributed by atoms with Crippen LogP contribution in [0.15, 0.2) is 30.0 Å². The molecule has 2 heterocycles. The Morgan fingerprint density at radius 2 is 1.60 bits per heavy atom. The highest BCUT2D eigenvalue weighted by Crippen LogP contribution is 2.33. The van der Waals surface area contributed by atoms with E-state index in [1.165, 1.54) is 4.90 Å². The van der Waals surface area contributed by atoms with Gasteiger partial charge in [-0.3, -0.25) is 14.5 Å². The topological polar surface area (TPSA) is 40.6 Å². The van der Waals surface area contributed by atoms with E-state index in [9.17, 15) is 9.59 Å². The maximum absolute atomic E-state index is 13.1. The van der Waals surface area contributed by atoms with E-state index in [-0.39, 0.29) is 11.8 Å². The van der Waals surface area contributed by atoms with Crippen molar-refractivity contribution in [3.8, 4) is 0 Å². The molecule has 4 heteroatoms. The molecule has 2 amide bonds. The van der Waals surface area contributed by atoms with Gasteiger partial charge in [-0.25, -0.2) is 0 Å². The highest BCUT2D eigenvalue weighted by molar-refractivity contribution is 6.35. The summed E-state index contributed by atoms with van der Waals surface area (Å²) in [7, 11) is 0. The van der Waals surface area contributed by atoms with Crippen molar-refractivity contribution in [3.63, 3.8) is 0 Å². The van der Waals surface area contributed by atoms with Crippen LogP contribution in [-0.2, 0) is 9.59 Å². The Labute approximate surface area is 150 Å². The van der Waals surface area contributed by atoms with Crippen molar-refractivity contribution in [2.45, 2.75) is 52.4 Å². The molecule has 0 atom stereocenters. The lowest BCUT2D eigenvalue weighted by Gasteiger charge is -2.20. The molecule has 0 saturated carbocycles. The van der Waals surface area contributed by atoms with Crippen LogP contribution in [-0.4, -0.2) is 41.2 Å². The van der Waals surface area contributed by atoms with E-state index in [4.69, 9.17) is 0 Å². The molecule has 0 spiro atoms. The van der Waals surface area contributed by atoms with Gasteiger partial charge in [0, 0.05) is 19.6 Å². The third kappa shape index (κ3) is 3.63. The number of likely N-dealkylation sites (tertiary alicyclic amines) is 1. The molecule has 1 aromatic rings. The van der Waals surface area contributed by atoms with E-state index in [1.807, 2.05) is 31.2 Å². The lowest BCUT2D eigenvalue weighted by molar-refractivity contribution is -0.137. The third-order valence-corrected chi connectivity index (χ3v) is 5.14. The summed E-state index contributed by atoms with van der Waals surface area (Å²) in [5, 5.41) is 0. The third-order valence-electron chi connectivity index (χ3n) is 5.14. The minimum atomic E-state index is -0.118. The average molecular weight is 340 g/mol. The van der Waals surface area contributed by atoms with Crippen molar-refractivity contribution in [2.75, 3.05) is 19.6 Å². The van der Waals surface area contributed by atoms with Gasteiger partial charge in [0.25, 0.3) is 11.8 Å². The largest absolute Gasteiger partial charge is 0.366 e. The molecule has 134 valence electrons. The molecule has 0 radical (unpaired) electrons. The zero-order valence-electron chi connectivity index (χ0n) is 15.4. The predicted molar refractivity (Wildman–Crippen MR) is 99.8 cm³/mol. The molecular formula is C21H28N2O2. The monoisotopic (exact) mass is 340 g/mol. The Bertz CT molecular complexity index is 670. The Morgan fingerprint density at radius 3 is 2.24 bits per heavy atom. The van der Waals surface area contributed by atoms with Gasteiger partial charge in [0.1, 0.15) is 5.70 Å². The van der Waals surface area contributed by atoms with Crippen LogP contribution in [0.25, 0.3) is 5.57 Å². The van der Waals surface area contributed by atoms with E-state index in [0.29, 0.717) is 17.8 Å². The van der Waals surface area contributed by atoms with Gasteiger partial charge in [-0.15, -0.1) is 0 Å². The number of amides is 2. The molecule has 2 aliphatic rings. The highest BCUT2D eigenvalue weighted by Gasteiger charge is 2.41. The predicted octanol–water partition coefficient (Wildman–Crippen LogP) is 3.75. The van der Waals surface area contributed by atoms with Gasteiger partial charge in [0.15, 0.2) is 0 Å². The van der Waals surface area contributed by atoms with Crippen LogP contribution in [0.5, 0.6) is 0 Å². The maximum atomic E-state index is 13.1. The Hall–Kier alpha value is -2.10. The van der Waals surface area contributed by atoms with Crippen molar-refractivity contribution < 1.29 is 9.59 Å². The molecule has 4 nitrogen and oxygen atoms in total. The number of carbonyl (C=O) groups excluding carboxylic acids is 2.